The summed E-state index contributed by atoms with van der Waals surface area (Å²) in [4.78, 5) is 17.1. The number of nitrogens with one attached hydrogen (secondary N) is 1. The van der Waals surface area contributed by atoms with Crippen LogP contribution in [0.3, 0.4) is 0 Å². The van der Waals surface area contributed by atoms with Crippen LogP contribution in [0.15, 0.2) is 91.0 Å². The van der Waals surface area contributed by atoms with Crippen LogP contribution >= 0.6 is 11.3 Å². The molecule has 0 unspecified atom stereocenters. The summed E-state index contributed by atoms with van der Waals surface area (Å²) < 4.78 is 1.19. The average molecular weight is 421 g/mol. The van der Waals surface area contributed by atoms with Gasteiger partial charge in [-0.3, -0.25) is 4.79 Å². The number of benzene rings is 4. The Balaban J connectivity index is 1.31. The zero-order chi connectivity index (χ0) is 21.2. The van der Waals surface area contributed by atoms with Gasteiger partial charge in [0.2, 0.25) is 5.91 Å². The molecule has 4 heteroatoms. The Morgan fingerprint density at radius 1 is 0.935 bits per heavy atom. The highest BCUT2D eigenvalue weighted by atomic mass is 32.1. The van der Waals surface area contributed by atoms with Crippen molar-refractivity contribution in [3.05, 3.63) is 102 Å². The third kappa shape index (κ3) is 4.11. The van der Waals surface area contributed by atoms with E-state index in [2.05, 4.69) is 48.6 Å². The summed E-state index contributed by atoms with van der Waals surface area (Å²) in [6.45, 7) is 2.09. The lowest BCUT2D eigenvalue weighted by Crippen LogP contribution is -2.07. The molecule has 0 bridgehead atoms. The molecule has 0 saturated heterocycles. The highest BCUT2D eigenvalue weighted by Gasteiger charge is 2.07. The van der Waals surface area contributed by atoms with E-state index in [1.807, 2.05) is 54.6 Å². The van der Waals surface area contributed by atoms with Crippen molar-refractivity contribution in [1.82, 2.24) is 4.98 Å². The summed E-state index contributed by atoms with van der Waals surface area (Å²) in [5.74, 6) is -0.156. The summed E-state index contributed by atoms with van der Waals surface area (Å²) in [6.07, 6.45) is 3.43. The van der Waals surface area contributed by atoms with Crippen molar-refractivity contribution in [3.63, 3.8) is 0 Å². The van der Waals surface area contributed by atoms with E-state index in [1.54, 1.807) is 17.4 Å². The minimum atomic E-state index is -0.156. The van der Waals surface area contributed by atoms with Gasteiger partial charge in [-0.1, -0.05) is 48.5 Å². The Morgan fingerprint density at radius 2 is 1.74 bits per heavy atom. The van der Waals surface area contributed by atoms with Crippen molar-refractivity contribution < 1.29 is 4.79 Å². The largest absolute Gasteiger partial charge is 0.323 e. The minimum absolute atomic E-state index is 0.156. The molecule has 1 amide bonds. The second kappa shape index (κ2) is 8.17. The van der Waals surface area contributed by atoms with E-state index >= 15 is 0 Å². The Labute approximate surface area is 184 Å². The van der Waals surface area contributed by atoms with Crippen molar-refractivity contribution in [2.24, 2.45) is 0 Å². The van der Waals surface area contributed by atoms with E-state index in [-0.39, 0.29) is 5.91 Å². The van der Waals surface area contributed by atoms with Crippen molar-refractivity contribution in [1.29, 1.82) is 0 Å². The molecule has 3 nitrogen and oxygen atoms in total. The van der Waals surface area contributed by atoms with Crippen molar-refractivity contribution >= 4 is 50.0 Å². The summed E-state index contributed by atoms with van der Waals surface area (Å²) >= 11 is 1.68. The van der Waals surface area contributed by atoms with Crippen LogP contribution in [-0.4, -0.2) is 10.9 Å². The molecule has 0 aliphatic heterocycles. The lowest BCUT2D eigenvalue weighted by molar-refractivity contribution is -0.111. The Morgan fingerprint density at radius 3 is 2.61 bits per heavy atom. The molecule has 0 spiro atoms. The zero-order valence-electron chi connectivity index (χ0n) is 17.0. The van der Waals surface area contributed by atoms with Gasteiger partial charge in [0.25, 0.3) is 0 Å². The van der Waals surface area contributed by atoms with Gasteiger partial charge in [0.1, 0.15) is 5.01 Å². The number of anilines is 1. The van der Waals surface area contributed by atoms with Crippen LogP contribution in [0.4, 0.5) is 5.69 Å². The van der Waals surface area contributed by atoms with Crippen LogP contribution in [0.25, 0.3) is 37.6 Å². The van der Waals surface area contributed by atoms with E-state index in [1.165, 1.54) is 10.3 Å². The standard InChI is InChI=1S/C27H20N2OS/c1-18-9-15-24-25(17-18)31-27(29-24)21-10-13-22(14-11-21)28-26(30)16-12-20-7-4-6-19-5-2-3-8-23(19)20/h2-17H,1H3,(H,28,30)/b16-12+. The molecular formula is C27H20N2OS. The Bertz CT molecular complexity index is 1430. The van der Waals surface area contributed by atoms with E-state index in [0.29, 0.717) is 0 Å². The molecule has 1 heterocycles. The lowest BCUT2D eigenvalue weighted by Gasteiger charge is -2.04. The number of thiazole rings is 1. The fourth-order valence-corrected chi connectivity index (χ4v) is 4.67. The fraction of sp³-hybridized carbons (Fsp3) is 0.0370. The van der Waals surface area contributed by atoms with Crippen LogP contribution in [0.5, 0.6) is 0 Å². The highest BCUT2D eigenvalue weighted by Crippen LogP contribution is 2.31. The molecular weight excluding hydrogens is 400 g/mol. The number of carbonyl (C=O) groups is 1. The summed E-state index contributed by atoms with van der Waals surface area (Å²) in [6, 6.07) is 28.4. The number of nitrogens with zero attached hydrogens (tertiary/aromatic N) is 1. The minimum Gasteiger partial charge on any atom is -0.323 e. The number of aromatic nitrogens is 1. The molecule has 150 valence electrons. The molecule has 0 fully saturated rings. The first-order chi connectivity index (χ1) is 15.2. The van der Waals surface area contributed by atoms with E-state index in [0.717, 1.165) is 38.1 Å². The maximum atomic E-state index is 12.4. The van der Waals surface area contributed by atoms with Crippen LogP contribution in [0.2, 0.25) is 0 Å². The van der Waals surface area contributed by atoms with Gasteiger partial charge in [0.05, 0.1) is 10.2 Å². The second-order valence-corrected chi connectivity index (χ2v) is 8.49. The third-order valence-corrected chi connectivity index (χ3v) is 6.25. The Kier molecular flexibility index (Phi) is 5.06. The SMILES string of the molecule is Cc1ccc2nc(-c3ccc(NC(=O)/C=C/c4cccc5ccccc45)cc3)sc2c1. The zero-order valence-corrected chi connectivity index (χ0v) is 17.8. The van der Waals surface area contributed by atoms with Gasteiger partial charge in [-0.15, -0.1) is 11.3 Å². The first-order valence-electron chi connectivity index (χ1n) is 10.1. The Hall–Kier alpha value is -3.76. The first-order valence-corrected chi connectivity index (χ1v) is 10.9. The van der Waals surface area contributed by atoms with E-state index < -0.39 is 0 Å². The second-order valence-electron chi connectivity index (χ2n) is 7.46. The van der Waals surface area contributed by atoms with Crippen molar-refractivity contribution in [3.8, 4) is 10.6 Å². The van der Waals surface area contributed by atoms with Crippen LogP contribution in [-0.2, 0) is 4.79 Å². The average Bonchev–Trinajstić information content (AvgIpc) is 3.21. The van der Waals surface area contributed by atoms with E-state index in [4.69, 9.17) is 4.98 Å². The smallest absolute Gasteiger partial charge is 0.248 e. The quantitative estimate of drug-likeness (QED) is 0.316. The molecule has 0 saturated carbocycles. The van der Waals surface area contributed by atoms with Crippen molar-refractivity contribution in [2.45, 2.75) is 6.92 Å². The maximum Gasteiger partial charge on any atom is 0.248 e. The van der Waals surface area contributed by atoms with Gasteiger partial charge in [-0.2, -0.15) is 0 Å². The molecule has 5 aromatic rings. The highest BCUT2D eigenvalue weighted by molar-refractivity contribution is 7.21. The van der Waals surface area contributed by atoms with Gasteiger partial charge in [-0.25, -0.2) is 4.98 Å². The van der Waals surface area contributed by atoms with Gasteiger partial charge >= 0.3 is 0 Å². The number of hydrogen-bond donors (Lipinski definition) is 1. The topological polar surface area (TPSA) is 42.0 Å². The predicted octanol–water partition coefficient (Wildman–Crippen LogP) is 7.08. The van der Waals surface area contributed by atoms with Gasteiger partial charge in [0.15, 0.2) is 0 Å². The summed E-state index contributed by atoms with van der Waals surface area (Å²) in [5.41, 5.74) is 5.07. The monoisotopic (exact) mass is 420 g/mol. The molecule has 0 aliphatic carbocycles. The molecule has 0 aliphatic rings. The molecule has 0 radical (unpaired) electrons. The molecule has 1 N–H and O–H groups in total. The van der Waals surface area contributed by atoms with E-state index in [9.17, 15) is 4.79 Å². The molecule has 1 aromatic heterocycles. The molecule has 5 rings (SSSR count). The lowest BCUT2D eigenvalue weighted by atomic mass is 10.0. The first kappa shape index (κ1) is 19.2. The van der Waals surface area contributed by atoms with Gasteiger partial charge in [0, 0.05) is 17.3 Å². The number of amides is 1. The van der Waals surface area contributed by atoms with Gasteiger partial charge in [-0.05, 0) is 71.3 Å². The molecule has 4 aromatic carbocycles. The normalized spacial score (nSPS) is 11.4. The number of carbonyl (C=O) groups excluding carboxylic acids is 1. The van der Waals surface area contributed by atoms with Crippen LogP contribution in [0.1, 0.15) is 11.1 Å². The maximum absolute atomic E-state index is 12.4. The number of rotatable bonds is 4. The summed E-state index contributed by atoms with van der Waals surface area (Å²) in [5, 5.41) is 6.20. The third-order valence-electron chi connectivity index (χ3n) is 5.18. The summed E-state index contributed by atoms with van der Waals surface area (Å²) in [7, 11) is 0. The molecule has 31 heavy (non-hydrogen) atoms. The van der Waals surface area contributed by atoms with Crippen LogP contribution in [0, 0.1) is 6.92 Å². The number of hydrogen-bond acceptors (Lipinski definition) is 3. The van der Waals surface area contributed by atoms with Crippen LogP contribution < -0.4 is 5.32 Å². The fourth-order valence-electron chi connectivity index (χ4n) is 3.60. The molecule has 0 atom stereocenters. The number of fused-ring (bicyclic) bond motifs is 2. The predicted molar refractivity (Wildman–Crippen MR) is 131 cm³/mol. The number of aryl methyl sites for hydroxylation is 1. The van der Waals surface area contributed by atoms with Crippen molar-refractivity contribution in [2.75, 3.05) is 5.32 Å². The van der Waals surface area contributed by atoms with Gasteiger partial charge < -0.3 is 5.32 Å².